The molecule has 7 heteroatoms. The van der Waals surface area contributed by atoms with Crippen molar-refractivity contribution in [3.05, 3.63) is 11.9 Å². The third kappa shape index (κ3) is 3.12. The van der Waals surface area contributed by atoms with Crippen molar-refractivity contribution in [1.29, 1.82) is 0 Å². The maximum absolute atomic E-state index is 12.4. The summed E-state index contributed by atoms with van der Waals surface area (Å²) in [6.07, 6.45) is 5.04. The highest BCUT2D eigenvalue weighted by molar-refractivity contribution is 7.89. The van der Waals surface area contributed by atoms with E-state index >= 15 is 0 Å². The molecule has 1 aliphatic carbocycles. The first kappa shape index (κ1) is 14.8. The van der Waals surface area contributed by atoms with Gasteiger partial charge in [0.25, 0.3) is 0 Å². The zero-order valence-electron chi connectivity index (χ0n) is 11.2. The summed E-state index contributed by atoms with van der Waals surface area (Å²) in [6.45, 7) is 3.83. The molecule has 2 atom stereocenters. The third-order valence-corrected chi connectivity index (χ3v) is 5.98. The van der Waals surface area contributed by atoms with Gasteiger partial charge in [-0.3, -0.25) is 5.10 Å². The molecule has 1 fully saturated rings. The van der Waals surface area contributed by atoms with Gasteiger partial charge < -0.3 is 0 Å². The lowest BCUT2D eigenvalue weighted by molar-refractivity contribution is 0.239. The quantitative estimate of drug-likeness (QED) is 0.837. The molecule has 0 saturated heterocycles. The SMILES string of the molecule is Cc1[nH]ncc1S(=O)(=O)NC1(CCl)CCCC(C)C1. The molecule has 108 valence electrons. The van der Waals surface area contributed by atoms with Gasteiger partial charge in [-0.05, 0) is 25.7 Å². The van der Waals surface area contributed by atoms with Crippen molar-refractivity contribution in [2.75, 3.05) is 5.88 Å². The monoisotopic (exact) mass is 305 g/mol. The summed E-state index contributed by atoms with van der Waals surface area (Å²) >= 11 is 6.06. The number of sulfonamides is 1. The van der Waals surface area contributed by atoms with E-state index in [0.29, 0.717) is 17.5 Å². The minimum atomic E-state index is -3.57. The molecule has 0 spiro atoms. The van der Waals surface area contributed by atoms with Crippen LogP contribution < -0.4 is 4.72 Å². The number of nitrogens with one attached hydrogen (secondary N) is 2. The Morgan fingerprint density at radius 1 is 1.63 bits per heavy atom. The van der Waals surface area contributed by atoms with Crippen LogP contribution in [0.15, 0.2) is 11.1 Å². The van der Waals surface area contributed by atoms with E-state index in [9.17, 15) is 8.42 Å². The van der Waals surface area contributed by atoms with Gasteiger partial charge in [0, 0.05) is 11.4 Å². The standard InChI is InChI=1S/C12H20ClN3O2S/c1-9-4-3-5-12(6-9,8-13)16-19(17,18)11-7-14-15-10(11)2/h7,9,16H,3-6,8H2,1-2H3,(H,14,15). The second-order valence-corrected chi connectivity index (χ2v) is 7.50. The van der Waals surface area contributed by atoms with Crippen molar-refractivity contribution in [2.24, 2.45) is 5.92 Å². The molecule has 2 N–H and O–H groups in total. The number of hydrogen-bond acceptors (Lipinski definition) is 3. The average molecular weight is 306 g/mol. The fraction of sp³-hybridized carbons (Fsp3) is 0.750. The van der Waals surface area contributed by atoms with Crippen molar-refractivity contribution in [2.45, 2.75) is 50.0 Å². The van der Waals surface area contributed by atoms with E-state index in [1.807, 2.05) is 0 Å². The first-order chi connectivity index (χ1) is 8.88. The minimum absolute atomic E-state index is 0.204. The molecular weight excluding hydrogens is 286 g/mol. The number of halogens is 1. The van der Waals surface area contributed by atoms with Crippen molar-refractivity contribution >= 4 is 21.6 Å². The molecule has 1 saturated carbocycles. The molecular formula is C12H20ClN3O2S. The zero-order chi connectivity index (χ0) is 14.1. The molecule has 0 radical (unpaired) electrons. The maximum Gasteiger partial charge on any atom is 0.244 e. The molecule has 2 rings (SSSR count). The van der Waals surface area contributed by atoms with Gasteiger partial charge in [0.2, 0.25) is 10.0 Å². The van der Waals surface area contributed by atoms with Gasteiger partial charge in [-0.1, -0.05) is 19.8 Å². The fourth-order valence-electron chi connectivity index (χ4n) is 2.85. The Labute approximate surface area is 119 Å². The second-order valence-electron chi connectivity index (χ2n) is 5.58. The Morgan fingerprint density at radius 2 is 2.37 bits per heavy atom. The van der Waals surface area contributed by atoms with Gasteiger partial charge >= 0.3 is 0 Å². The van der Waals surface area contributed by atoms with Crippen LogP contribution in [-0.4, -0.2) is 30.0 Å². The number of nitrogens with zero attached hydrogens (tertiary/aromatic N) is 1. The third-order valence-electron chi connectivity index (χ3n) is 3.77. The van der Waals surface area contributed by atoms with Crippen molar-refractivity contribution in [1.82, 2.24) is 14.9 Å². The molecule has 0 aromatic carbocycles. The summed E-state index contributed by atoms with van der Waals surface area (Å²) in [4.78, 5) is 0.204. The van der Waals surface area contributed by atoms with Crippen LogP contribution in [0.5, 0.6) is 0 Å². The number of H-pyrrole nitrogens is 1. The van der Waals surface area contributed by atoms with E-state index < -0.39 is 15.6 Å². The van der Waals surface area contributed by atoms with Gasteiger partial charge in [-0.25, -0.2) is 13.1 Å². The first-order valence-corrected chi connectivity index (χ1v) is 8.50. The Balaban J connectivity index is 2.25. The van der Waals surface area contributed by atoms with E-state index in [-0.39, 0.29) is 4.90 Å². The summed E-state index contributed by atoms with van der Waals surface area (Å²) < 4.78 is 27.7. The lowest BCUT2D eigenvalue weighted by Gasteiger charge is -2.38. The molecule has 2 unspecified atom stereocenters. The smallest absolute Gasteiger partial charge is 0.244 e. The van der Waals surface area contributed by atoms with E-state index in [2.05, 4.69) is 21.8 Å². The Bertz CT molecular complexity index is 543. The van der Waals surface area contributed by atoms with Crippen LogP contribution in [-0.2, 0) is 10.0 Å². The van der Waals surface area contributed by atoms with Crippen molar-refractivity contribution in [3.63, 3.8) is 0 Å². The van der Waals surface area contributed by atoms with Gasteiger partial charge in [-0.2, -0.15) is 5.10 Å². The topological polar surface area (TPSA) is 74.8 Å². The maximum atomic E-state index is 12.4. The van der Waals surface area contributed by atoms with Crippen LogP contribution in [0.3, 0.4) is 0 Å². The molecule has 0 bridgehead atoms. The fourth-order valence-corrected chi connectivity index (χ4v) is 4.82. The molecule has 19 heavy (non-hydrogen) atoms. The largest absolute Gasteiger partial charge is 0.281 e. The predicted molar refractivity (Wildman–Crippen MR) is 74.7 cm³/mol. The molecule has 0 aliphatic heterocycles. The highest BCUT2D eigenvalue weighted by atomic mass is 35.5. The number of rotatable bonds is 4. The van der Waals surface area contributed by atoms with E-state index in [4.69, 9.17) is 11.6 Å². The molecule has 5 nitrogen and oxygen atoms in total. The molecule has 1 heterocycles. The molecule has 1 aliphatic rings. The highest BCUT2D eigenvalue weighted by Crippen LogP contribution is 2.34. The number of aromatic amines is 1. The van der Waals surface area contributed by atoms with Gasteiger partial charge in [0.1, 0.15) is 4.90 Å². The summed E-state index contributed by atoms with van der Waals surface area (Å²) in [6, 6.07) is 0. The van der Waals surface area contributed by atoms with E-state index in [1.54, 1.807) is 6.92 Å². The summed E-state index contributed by atoms with van der Waals surface area (Å²) in [5, 5.41) is 6.42. The summed E-state index contributed by atoms with van der Waals surface area (Å²) in [5.41, 5.74) is 0.0166. The van der Waals surface area contributed by atoms with Crippen LogP contribution >= 0.6 is 11.6 Å². The van der Waals surface area contributed by atoms with E-state index in [0.717, 1.165) is 25.7 Å². The van der Waals surface area contributed by atoms with Crippen LogP contribution in [0, 0.1) is 12.8 Å². The first-order valence-electron chi connectivity index (χ1n) is 6.48. The second kappa shape index (κ2) is 5.42. The Kier molecular flexibility index (Phi) is 4.23. The van der Waals surface area contributed by atoms with Gasteiger partial charge in [0.05, 0.1) is 11.9 Å². The number of aromatic nitrogens is 2. The molecule has 0 amide bonds. The van der Waals surface area contributed by atoms with Crippen molar-refractivity contribution < 1.29 is 8.42 Å². The lowest BCUT2D eigenvalue weighted by Crippen LogP contribution is -2.52. The van der Waals surface area contributed by atoms with E-state index in [1.165, 1.54) is 6.20 Å². The minimum Gasteiger partial charge on any atom is -0.281 e. The normalized spacial score (nSPS) is 28.5. The Morgan fingerprint density at radius 3 is 2.89 bits per heavy atom. The van der Waals surface area contributed by atoms with Crippen LogP contribution in [0.25, 0.3) is 0 Å². The number of hydrogen-bond donors (Lipinski definition) is 2. The summed E-state index contributed by atoms with van der Waals surface area (Å²) in [5.74, 6) is 0.786. The van der Waals surface area contributed by atoms with Crippen molar-refractivity contribution in [3.8, 4) is 0 Å². The number of aryl methyl sites for hydroxylation is 1. The predicted octanol–water partition coefficient (Wildman–Crippen LogP) is 2.18. The van der Waals surface area contributed by atoms with Crippen LogP contribution in [0.4, 0.5) is 0 Å². The average Bonchev–Trinajstić information content (AvgIpc) is 2.75. The molecule has 1 aromatic rings. The molecule has 1 aromatic heterocycles. The lowest BCUT2D eigenvalue weighted by atomic mass is 9.78. The van der Waals surface area contributed by atoms with Crippen LogP contribution in [0.1, 0.15) is 38.3 Å². The van der Waals surface area contributed by atoms with Gasteiger partial charge in [-0.15, -0.1) is 11.6 Å². The highest BCUT2D eigenvalue weighted by Gasteiger charge is 2.38. The Hall–Kier alpha value is -0.590. The van der Waals surface area contributed by atoms with Gasteiger partial charge in [0.15, 0.2) is 0 Å². The zero-order valence-corrected chi connectivity index (χ0v) is 12.8. The van der Waals surface area contributed by atoms with Crippen LogP contribution in [0.2, 0.25) is 0 Å². The number of alkyl halides is 1. The summed E-state index contributed by atoms with van der Waals surface area (Å²) in [7, 11) is -3.57.